The van der Waals surface area contributed by atoms with E-state index in [4.69, 9.17) is 10.4 Å². The Morgan fingerprint density at radius 3 is 2.55 bits per heavy atom. The van der Waals surface area contributed by atoms with Gasteiger partial charge in [0, 0.05) is 32.7 Å². The first-order valence-corrected chi connectivity index (χ1v) is 7.85. The molecule has 7 heteroatoms. The number of nitrogens with zero attached hydrogens (tertiary/aromatic N) is 3. The van der Waals surface area contributed by atoms with Crippen molar-refractivity contribution in [3.05, 3.63) is 29.8 Å². The highest BCUT2D eigenvalue weighted by Crippen LogP contribution is 2.18. The summed E-state index contributed by atoms with van der Waals surface area (Å²) in [6.07, 6.45) is 0. The highest BCUT2D eigenvalue weighted by Gasteiger charge is 2.28. The van der Waals surface area contributed by atoms with Gasteiger partial charge < -0.3 is 5.11 Å². The van der Waals surface area contributed by atoms with E-state index in [2.05, 4.69) is 0 Å². The molecule has 0 radical (unpaired) electrons. The Hall–Kier alpha value is -1.46. The second-order valence-corrected chi connectivity index (χ2v) is 6.55. The smallest absolute Gasteiger partial charge is 0.243 e. The van der Waals surface area contributed by atoms with Gasteiger partial charge in [-0.3, -0.25) is 4.90 Å². The summed E-state index contributed by atoms with van der Waals surface area (Å²) in [6.45, 7) is 2.67. The predicted molar refractivity (Wildman–Crippen MR) is 73.4 cm³/mol. The van der Waals surface area contributed by atoms with Crippen LogP contribution in [0.25, 0.3) is 0 Å². The molecule has 0 atom stereocenters. The van der Waals surface area contributed by atoms with Crippen molar-refractivity contribution in [2.24, 2.45) is 0 Å². The Balaban J connectivity index is 2.13. The highest BCUT2D eigenvalue weighted by atomic mass is 32.2. The van der Waals surface area contributed by atoms with Crippen LogP contribution >= 0.6 is 0 Å². The molecule has 0 bridgehead atoms. The lowest BCUT2D eigenvalue weighted by Crippen LogP contribution is -2.49. The van der Waals surface area contributed by atoms with Crippen molar-refractivity contribution >= 4 is 10.0 Å². The molecule has 0 amide bonds. The van der Waals surface area contributed by atoms with Gasteiger partial charge in [0.15, 0.2) is 0 Å². The first kappa shape index (κ1) is 14.9. The standard InChI is InChI=1S/C13H17N3O3S/c14-11-12-2-1-3-13(10-12)20(18,19)16-6-4-15(5-7-16)8-9-17/h1-3,10,17H,4-9H2. The van der Waals surface area contributed by atoms with Crippen molar-refractivity contribution in [1.29, 1.82) is 5.26 Å². The van der Waals surface area contributed by atoms with Crippen LogP contribution in [0.15, 0.2) is 29.2 Å². The topological polar surface area (TPSA) is 84.6 Å². The van der Waals surface area contributed by atoms with Crippen LogP contribution in [0.4, 0.5) is 0 Å². The van der Waals surface area contributed by atoms with Gasteiger partial charge in [-0.25, -0.2) is 8.42 Å². The minimum absolute atomic E-state index is 0.0803. The molecule has 0 spiro atoms. The third-order valence-corrected chi connectivity index (χ3v) is 5.24. The zero-order valence-electron chi connectivity index (χ0n) is 11.1. The van der Waals surface area contributed by atoms with Crippen LogP contribution < -0.4 is 0 Å². The Morgan fingerprint density at radius 1 is 1.25 bits per heavy atom. The monoisotopic (exact) mass is 295 g/mol. The Labute approximate surface area is 118 Å². The van der Waals surface area contributed by atoms with E-state index in [0.29, 0.717) is 38.3 Å². The molecule has 0 saturated carbocycles. The van der Waals surface area contributed by atoms with Gasteiger partial charge in [-0.05, 0) is 18.2 Å². The molecule has 20 heavy (non-hydrogen) atoms. The minimum atomic E-state index is -3.54. The zero-order chi connectivity index (χ0) is 14.6. The summed E-state index contributed by atoms with van der Waals surface area (Å²) in [7, 11) is -3.54. The first-order chi connectivity index (χ1) is 9.57. The molecule has 1 heterocycles. The number of nitriles is 1. The lowest BCUT2D eigenvalue weighted by Gasteiger charge is -2.33. The van der Waals surface area contributed by atoms with Crippen LogP contribution in [-0.4, -0.2) is 62.1 Å². The molecular weight excluding hydrogens is 278 g/mol. The molecule has 108 valence electrons. The fraction of sp³-hybridized carbons (Fsp3) is 0.462. The van der Waals surface area contributed by atoms with Crippen LogP contribution in [0.1, 0.15) is 5.56 Å². The lowest BCUT2D eigenvalue weighted by atomic mass is 10.2. The minimum Gasteiger partial charge on any atom is -0.395 e. The van der Waals surface area contributed by atoms with E-state index >= 15 is 0 Å². The van der Waals surface area contributed by atoms with E-state index < -0.39 is 10.0 Å². The predicted octanol–water partition coefficient (Wildman–Crippen LogP) is -0.143. The fourth-order valence-electron chi connectivity index (χ4n) is 2.21. The number of β-amino-alcohol motifs (C(OH)–C–C–N with tert-alkyl or cyclic N) is 1. The first-order valence-electron chi connectivity index (χ1n) is 6.41. The lowest BCUT2D eigenvalue weighted by molar-refractivity contribution is 0.151. The Morgan fingerprint density at radius 2 is 1.95 bits per heavy atom. The van der Waals surface area contributed by atoms with E-state index in [0.717, 1.165) is 0 Å². The zero-order valence-corrected chi connectivity index (χ0v) is 11.9. The summed E-state index contributed by atoms with van der Waals surface area (Å²) < 4.78 is 26.4. The highest BCUT2D eigenvalue weighted by molar-refractivity contribution is 7.89. The summed E-state index contributed by atoms with van der Waals surface area (Å²) >= 11 is 0. The van der Waals surface area contributed by atoms with Crippen LogP contribution in [0.3, 0.4) is 0 Å². The maximum Gasteiger partial charge on any atom is 0.243 e. The number of piperazine rings is 1. The number of benzene rings is 1. The van der Waals surface area contributed by atoms with Crippen molar-refractivity contribution in [2.75, 3.05) is 39.3 Å². The van der Waals surface area contributed by atoms with Crippen LogP contribution in [0.2, 0.25) is 0 Å². The molecule has 2 rings (SSSR count). The van der Waals surface area contributed by atoms with Gasteiger partial charge in [0.25, 0.3) is 0 Å². The van der Waals surface area contributed by atoms with Gasteiger partial charge in [-0.2, -0.15) is 9.57 Å². The third kappa shape index (κ3) is 3.16. The molecule has 1 aromatic rings. The molecule has 1 N–H and O–H groups in total. The quantitative estimate of drug-likeness (QED) is 0.835. The van der Waals surface area contributed by atoms with E-state index in [1.54, 1.807) is 12.1 Å². The van der Waals surface area contributed by atoms with E-state index in [1.165, 1.54) is 16.4 Å². The van der Waals surface area contributed by atoms with Crippen molar-refractivity contribution in [1.82, 2.24) is 9.21 Å². The van der Waals surface area contributed by atoms with Crippen molar-refractivity contribution in [3.8, 4) is 6.07 Å². The summed E-state index contributed by atoms with van der Waals surface area (Å²) in [5, 5.41) is 17.7. The van der Waals surface area contributed by atoms with Gasteiger partial charge in [0.1, 0.15) is 0 Å². The van der Waals surface area contributed by atoms with Crippen molar-refractivity contribution in [2.45, 2.75) is 4.90 Å². The van der Waals surface area contributed by atoms with Crippen molar-refractivity contribution in [3.63, 3.8) is 0 Å². The molecule has 6 nitrogen and oxygen atoms in total. The van der Waals surface area contributed by atoms with Gasteiger partial charge in [-0.1, -0.05) is 6.07 Å². The number of aliphatic hydroxyl groups excluding tert-OH is 1. The summed E-state index contributed by atoms with van der Waals surface area (Å²) in [6, 6.07) is 8.01. The number of rotatable bonds is 4. The molecule has 1 saturated heterocycles. The number of hydrogen-bond acceptors (Lipinski definition) is 5. The second kappa shape index (κ2) is 6.33. The SMILES string of the molecule is N#Cc1cccc(S(=O)(=O)N2CCN(CCO)CC2)c1. The third-order valence-electron chi connectivity index (χ3n) is 3.35. The molecule has 1 fully saturated rings. The van der Waals surface area contributed by atoms with Crippen LogP contribution in [-0.2, 0) is 10.0 Å². The van der Waals surface area contributed by atoms with Gasteiger partial charge >= 0.3 is 0 Å². The van der Waals surface area contributed by atoms with E-state index in [1.807, 2.05) is 11.0 Å². The van der Waals surface area contributed by atoms with Crippen LogP contribution in [0.5, 0.6) is 0 Å². The summed E-state index contributed by atoms with van der Waals surface area (Å²) in [5.74, 6) is 0. The number of sulfonamides is 1. The maximum absolute atomic E-state index is 12.5. The Bertz CT molecular complexity index is 602. The number of hydrogen-bond donors (Lipinski definition) is 1. The molecular formula is C13H17N3O3S. The molecule has 1 aliphatic heterocycles. The van der Waals surface area contributed by atoms with Gasteiger partial charge in [-0.15, -0.1) is 0 Å². The average molecular weight is 295 g/mol. The molecule has 0 aliphatic carbocycles. The summed E-state index contributed by atoms with van der Waals surface area (Å²) in [4.78, 5) is 2.18. The maximum atomic E-state index is 12.5. The fourth-order valence-corrected chi connectivity index (χ4v) is 3.68. The Kier molecular flexibility index (Phi) is 4.73. The normalized spacial score (nSPS) is 17.8. The average Bonchev–Trinajstić information content (AvgIpc) is 2.48. The summed E-state index contributed by atoms with van der Waals surface area (Å²) in [5.41, 5.74) is 0.338. The number of aliphatic hydroxyl groups is 1. The van der Waals surface area contributed by atoms with Crippen LogP contribution in [0, 0.1) is 11.3 Å². The molecule has 1 aromatic carbocycles. The molecule has 0 unspecified atom stereocenters. The van der Waals surface area contributed by atoms with Gasteiger partial charge in [0.05, 0.1) is 23.1 Å². The molecule has 1 aliphatic rings. The van der Waals surface area contributed by atoms with E-state index in [-0.39, 0.29) is 11.5 Å². The van der Waals surface area contributed by atoms with E-state index in [9.17, 15) is 8.42 Å². The molecule has 0 aromatic heterocycles. The van der Waals surface area contributed by atoms with Crippen molar-refractivity contribution < 1.29 is 13.5 Å². The largest absolute Gasteiger partial charge is 0.395 e. The second-order valence-electron chi connectivity index (χ2n) is 4.61. The van der Waals surface area contributed by atoms with Gasteiger partial charge in [0.2, 0.25) is 10.0 Å².